The average molecular weight is 433 g/mol. The largest absolute Gasteiger partial charge is 0.490 e. The number of likely N-dealkylation sites (N-methyl/N-ethyl adjacent to an activating group) is 1. The van der Waals surface area contributed by atoms with Crippen molar-refractivity contribution in [2.45, 2.75) is 31.7 Å². The molecule has 0 aliphatic carbocycles. The first-order chi connectivity index (χ1) is 14.2. The second kappa shape index (κ2) is 10.3. The van der Waals surface area contributed by atoms with Gasteiger partial charge in [-0.3, -0.25) is 4.79 Å². The fraction of sp³-hybridized carbons (Fsp3) is 0.318. The number of hydrogen-bond donors (Lipinski definition) is 1. The molecule has 1 unspecified atom stereocenters. The zero-order valence-corrected chi connectivity index (χ0v) is 18.5. The Morgan fingerprint density at radius 1 is 1.10 bits per heavy atom. The van der Waals surface area contributed by atoms with Gasteiger partial charge in [-0.25, -0.2) is 13.6 Å². The second-order valence-corrected chi connectivity index (χ2v) is 8.21. The molecule has 2 rings (SSSR count). The number of carbonyl (C=O) groups excluding carboxylic acids is 1. The van der Waals surface area contributed by atoms with Crippen LogP contribution in [-0.4, -0.2) is 39.5 Å². The molecule has 2 aromatic rings. The molecule has 0 aromatic heterocycles. The average Bonchev–Trinajstić information content (AvgIpc) is 2.72. The molecular weight excluding hydrogens is 404 g/mol. The summed E-state index contributed by atoms with van der Waals surface area (Å²) in [5, 5.41) is 5.20. The number of rotatable bonds is 9. The third kappa shape index (κ3) is 6.08. The van der Waals surface area contributed by atoms with Crippen molar-refractivity contribution >= 4 is 22.0 Å². The van der Waals surface area contributed by atoms with Crippen LogP contribution in [0, 0.1) is 0 Å². The highest BCUT2D eigenvalue weighted by Crippen LogP contribution is 2.29. The van der Waals surface area contributed by atoms with Gasteiger partial charge in [-0.15, -0.1) is 0 Å². The lowest BCUT2D eigenvalue weighted by Gasteiger charge is -2.24. The highest BCUT2D eigenvalue weighted by Gasteiger charge is 2.17. The molecule has 0 radical (unpaired) electrons. The van der Waals surface area contributed by atoms with E-state index in [1.807, 2.05) is 39.0 Å². The molecule has 0 saturated heterocycles. The number of sulfonamides is 1. The number of amides is 1. The highest BCUT2D eigenvalue weighted by molar-refractivity contribution is 7.89. The van der Waals surface area contributed by atoms with Gasteiger partial charge in [-0.2, -0.15) is 0 Å². The number of benzene rings is 2. The zero-order valence-electron chi connectivity index (χ0n) is 17.7. The van der Waals surface area contributed by atoms with Crippen molar-refractivity contribution in [3.8, 4) is 11.5 Å². The summed E-state index contributed by atoms with van der Waals surface area (Å²) in [5.74, 6) is 1.05. The smallest absolute Gasteiger partial charge is 0.246 e. The maximum atomic E-state index is 12.6. The molecule has 0 aliphatic heterocycles. The third-order valence-electron chi connectivity index (χ3n) is 4.58. The van der Waals surface area contributed by atoms with E-state index in [9.17, 15) is 13.2 Å². The number of nitrogens with two attached hydrogens (primary N) is 1. The Hall–Kier alpha value is -2.84. The number of carbonyl (C=O) groups is 1. The third-order valence-corrected chi connectivity index (χ3v) is 5.49. The van der Waals surface area contributed by atoms with Crippen LogP contribution in [0.1, 0.15) is 37.9 Å². The molecule has 2 N–H and O–H groups in total. The first-order valence-electron chi connectivity index (χ1n) is 9.64. The summed E-state index contributed by atoms with van der Waals surface area (Å²) in [6.07, 6.45) is 3.16. The molecular formula is C22H28N2O5S. The first kappa shape index (κ1) is 23.4. The lowest BCUT2D eigenvalue weighted by molar-refractivity contribution is -0.126. The lowest BCUT2D eigenvalue weighted by Crippen LogP contribution is -2.28. The molecule has 1 amide bonds. The van der Waals surface area contributed by atoms with Crippen LogP contribution in [0.4, 0.5) is 0 Å². The fourth-order valence-corrected chi connectivity index (χ4v) is 3.39. The SMILES string of the molecule is CCOc1ccc(/C=C/C(=O)N(C)C(C)c2cccc(S(N)(=O)=O)c2)cc1OCC. The molecule has 0 heterocycles. The van der Waals surface area contributed by atoms with E-state index < -0.39 is 10.0 Å². The molecule has 0 aliphatic rings. The number of primary sulfonamides is 1. The topological polar surface area (TPSA) is 98.9 Å². The van der Waals surface area contributed by atoms with Crippen LogP contribution in [0.25, 0.3) is 6.08 Å². The van der Waals surface area contributed by atoms with Crippen LogP contribution < -0.4 is 14.6 Å². The summed E-state index contributed by atoms with van der Waals surface area (Å²) in [6.45, 7) is 6.64. The minimum atomic E-state index is -3.81. The summed E-state index contributed by atoms with van der Waals surface area (Å²) < 4.78 is 34.3. The van der Waals surface area contributed by atoms with E-state index in [0.29, 0.717) is 30.3 Å². The van der Waals surface area contributed by atoms with E-state index in [0.717, 1.165) is 5.56 Å². The first-order valence-corrected chi connectivity index (χ1v) is 11.2. The van der Waals surface area contributed by atoms with Crippen molar-refractivity contribution < 1.29 is 22.7 Å². The van der Waals surface area contributed by atoms with E-state index in [1.165, 1.54) is 23.1 Å². The Morgan fingerprint density at radius 3 is 2.40 bits per heavy atom. The Morgan fingerprint density at radius 2 is 1.77 bits per heavy atom. The molecule has 162 valence electrons. The van der Waals surface area contributed by atoms with Crippen LogP contribution in [0.2, 0.25) is 0 Å². The maximum Gasteiger partial charge on any atom is 0.246 e. The van der Waals surface area contributed by atoms with Gasteiger partial charge < -0.3 is 14.4 Å². The van der Waals surface area contributed by atoms with E-state index in [2.05, 4.69) is 0 Å². The van der Waals surface area contributed by atoms with E-state index in [4.69, 9.17) is 14.6 Å². The van der Waals surface area contributed by atoms with Crippen LogP contribution in [0.5, 0.6) is 11.5 Å². The van der Waals surface area contributed by atoms with Gasteiger partial charge in [0, 0.05) is 13.1 Å². The van der Waals surface area contributed by atoms with Gasteiger partial charge in [0.25, 0.3) is 0 Å². The van der Waals surface area contributed by atoms with Gasteiger partial charge in [-0.05, 0) is 62.2 Å². The molecule has 30 heavy (non-hydrogen) atoms. The number of nitrogens with zero attached hydrogens (tertiary/aromatic N) is 1. The molecule has 8 heteroatoms. The monoisotopic (exact) mass is 432 g/mol. The minimum absolute atomic E-state index is 0.0149. The molecule has 0 fully saturated rings. The van der Waals surface area contributed by atoms with Gasteiger partial charge in [0.05, 0.1) is 24.2 Å². The summed E-state index contributed by atoms with van der Waals surface area (Å²) in [5.41, 5.74) is 1.47. The van der Waals surface area contributed by atoms with Crippen LogP contribution in [0.3, 0.4) is 0 Å². The summed E-state index contributed by atoms with van der Waals surface area (Å²) in [6, 6.07) is 11.4. The van der Waals surface area contributed by atoms with Crippen molar-refractivity contribution in [1.29, 1.82) is 0 Å². The molecule has 7 nitrogen and oxygen atoms in total. The molecule has 0 bridgehead atoms. The number of hydrogen-bond acceptors (Lipinski definition) is 5. The molecule has 2 aromatic carbocycles. The summed E-state index contributed by atoms with van der Waals surface area (Å²) >= 11 is 0. The Bertz CT molecular complexity index is 1020. The predicted molar refractivity (Wildman–Crippen MR) is 117 cm³/mol. The van der Waals surface area contributed by atoms with Crippen LogP contribution in [-0.2, 0) is 14.8 Å². The van der Waals surface area contributed by atoms with Gasteiger partial charge >= 0.3 is 0 Å². The van der Waals surface area contributed by atoms with Crippen molar-refractivity contribution in [3.05, 3.63) is 59.7 Å². The Balaban J connectivity index is 2.17. The lowest BCUT2D eigenvalue weighted by atomic mass is 10.1. The van der Waals surface area contributed by atoms with Crippen molar-refractivity contribution in [2.75, 3.05) is 20.3 Å². The van der Waals surface area contributed by atoms with Gasteiger partial charge in [0.1, 0.15) is 0 Å². The molecule has 0 spiro atoms. The fourth-order valence-electron chi connectivity index (χ4n) is 2.82. The van der Waals surface area contributed by atoms with E-state index in [-0.39, 0.29) is 16.8 Å². The van der Waals surface area contributed by atoms with Gasteiger partial charge in [0.2, 0.25) is 15.9 Å². The van der Waals surface area contributed by atoms with Gasteiger partial charge in [0.15, 0.2) is 11.5 Å². The normalized spacial score (nSPS) is 12.6. The predicted octanol–water partition coefficient (Wildman–Crippen LogP) is 3.36. The maximum absolute atomic E-state index is 12.6. The van der Waals surface area contributed by atoms with E-state index >= 15 is 0 Å². The second-order valence-electron chi connectivity index (χ2n) is 6.65. The standard InChI is InChI=1S/C22H28N2O5S/c1-5-28-20-12-10-17(14-21(20)29-6-2)11-13-22(25)24(4)16(3)18-8-7-9-19(15-18)30(23,26)27/h7-16H,5-6H2,1-4H3,(H2,23,26,27)/b13-11+. The van der Waals surface area contributed by atoms with Crippen molar-refractivity contribution in [2.24, 2.45) is 5.14 Å². The Kier molecular flexibility index (Phi) is 8.02. The molecule has 1 atom stereocenters. The minimum Gasteiger partial charge on any atom is -0.490 e. The van der Waals surface area contributed by atoms with E-state index in [1.54, 1.807) is 25.3 Å². The number of ether oxygens (including phenoxy) is 2. The quantitative estimate of drug-likeness (QED) is 0.613. The summed E-state index contributed by atoms with van der Waals surface area (Å²) in [4.78, 5) is 14.2. The van der Waals surface area contributed by atoms with Crippen molar-refractivity contribution in [1.82, 2.24) is 4.90 Å². The van der Waals surface area contributed by atoms with Crippen molar-refractivity contribution in [3.63, 3.8) is 0 Å². The van der Waals surface area contributed by atoms with Crippen LogP contribution >= 0.6 is 0 Å². The summed E-state index contributed by atoms with van der Waals surface area (Å²) in [7, 11) is -2.15. The van der Waals surface area contributed by atoms with Crippen LogP contribution in [0.15, 0.2) is 53.4 Å². The van der Waals surface area contributed by atoms with Gasteiger partial charge in [-0.1, -0.05) is 18.2 Å². The Labute approximate surface area is 178 Å². The zero-order chi connectivity index (χ0) is 22.3. The molecule has 0 saturated carbocycles. The highest BCUT2D eigenvalue weighted by atomic mass is 32.2.